The Balaban J connectivity index is 1.64. The van der Waals surface area contributed by atoms with Crippen molar-refractivity contribution in [3.8, 4) is 0 Å². The molecule has 1 saturated carbocycles. The Hall–Kier alpha value is -0.830. The van der Waals surface area contributed by atoms with E-state index < -0.39 is 0 Å². The Morgan fingerprint density at radius 2 is 2.43 bits per heavy atom. The van der Waals surface area contributed by atoms with Gasteiger partial charge in [-0.15, -0.1) is 0 Å². The Morgan fingerprint density at radius 1 is 1.50 bits per heavy atom. The highest BCUT2D eigenvalue weighted by atomic mass is 15.3. The molecule has 2 unspecified atom stereocenters. The standard InChI is InChI=1S/C11H19N3/c1-10-3-4-11(9-10)12-6-8-14-7-2-5-13-14/h2,5,7,10-12H,3-4,6,8-9H2,1H3. The second-order valence-electron chi connectivity index (χ2n) is 4.34. The highest BCUT2D eigenvalue weighted by Gasteiger charge is 2.19. The quantitative estimate of drug-likeness (QED) is 0.788. The van der Waals surface area contributed by atoms with E-state index in [9.17, 15) is 0 Å². The molecule has 1 aliphatic carbocycles. The molecule has 2 rings (SSSR count). The zero-order valence-corrected chi connectivity index (χ0v) is 8.82. The van der Waals surface area contributed by atoms with Gasteiger partial charge in [0.25, 0.3) is 0 Å². The van der Waals surface area contributed by atoms with Crippen LogP contribution in [0.25, 0.3) is 0 Å². The molecule has 1 aromatic heterocycles. The van der Waals surface area contributed by atoms with Crippen LogP contribution < -0.4 is 5.32 Å². The molecule has 1 aromatic rings. The minimum Gasteiger partial charge on any atom is -0.312 e. The van der Waals surface area contributed by atoms with Crippen LogP contribution in [0.2, 0.25) is 0 Å². The first kappa shape index (κ1) is 9.71. The van der Waals surface area contributed by atoms with Crippen molar-refractivity contribution in [1.29, 1.82) is 0 Å². The van der Waals surface area contributed by atoms with Gasteiger partial charge in [0.05, 0.1) is 6.54 Å². The van der Waals surface area contributed by atoms with E-state index in [0.29, 0.717) is 0 Å². The molecule has 3 heteroatoms. The molecule has 14 heavy (non-hydrogen) atoms. The normalized spacial score (nSPS) is 26.9. The summed E-state index contributed by atoms with van der Waals surface area (Å²) in [6, 6.07) is 2.72. The van der Waals surface area contributed by atoms with Gasteiger partial charge in [-0.1, -0.05) is 6.92 Å². The largest absolute Gasteiger partial charge is 0.312 e. The summed E-state index contributed by atoms with van der Waals surface area (Å²) in [5.41, 5.74) is 0. The summed E-state index contributed by atoms with van der Waals surface area (Å²) >= 11 is 0. The van der Waals surface area contributed by atoms with Gasteiger partial charge in [0.1, 0.15) is 0 Å². The van der Waals surface area contributed by atoms with Crippen LogP contribution in [0.4, 0.5) is 0 Å². The molecule has 0 spiro atoms. The molecule has 1 N–H and O–H groups in total. The molecule has 1 heterocycles. The highest BCUT2D eigenvalue weighted by Crippen LogP contribution is 2.24. The third kappa shape index (κ3) is 2.58. The lowest BCUT2D eigenvalue weighted by Crippen LogP contribution is -2.29. The zero-order chi connectivity index (χ0) is 9.80. The second kappa shape index (κ2) is 4.60. The van der Waals surface area contributed by atoms with Crippen molar-refractivity contribution in [1.82, 2.24) is 15.1 Å². The van der Waals surface area contributed by atoms with Crippen LogP contribution in [0, 0.1) is 5.92 Å². The van der Waals surface area contributed by atoms with E-state index in [1.807, 2.05) is 23.1 Å². The van der Waals surface area contributed by atoms with E-state index in [2.05, 4.69) is 17.3 Å². The van der Waals surface area contributed by atoms with Crippen LogP contribution in [0.3, 0.4) is 0 Å². The molecular weight excluding hydrogens is 174 g/mol. The van der Waals surface area contributed by atoms with Crippen molar-refractivity contribution in [2.45, 2.75) is 38.8 Å². The second-order valence-corrected chi connectivity index (χ2v) is 4.34. The van der Waals surface area contributed by atoms with Crippen molar-refractivity contribution >= 4 is 0 Å². The van der Waals surface area contributed by atoms with Crippen molar-refractivity contribution in [3.05, 3.63) is 18.5 Å². The average Bonchev–Trinajstić information content (AvgIpc) is 2.77. The number of hydrogen-bond acceptors (Lipinski definition) is 2. The fourth-order valence-corrected chi connectivity index (χ4v) is 2.21. The predicted molar refractivity (Wildman–Crippen MR) is 57.0 cm³/mol. The lowest BCUT2D eigenvalue weighted by atomic mass is 10.1. The average molecular weight is 193 g/mol. The van der Waals surface area contributed by atoms with E-state index in [1.54, 1.807) is 0 Å². The van der Waals surface area contributed by atoms with Crippen LogP contribution >= 0.6 is 0 Å². The molecule has 0 bridgehead atoms. The van der Waals surface area contributed by atoms with Gasteiger partial charge in [-0.3, -0.25) is 4.68 Å². The molecular formula is C11H19N3. The summed E-state index contributed by atoms with van der Waals surface area (Å²) in [6.45, 7) is 4.37. The Kier molecular flexibility index (Phi) is 3.19. The minimum absolute atomic E-state index is 0.751. The molecule has 0 radical (unpaired) electrons. The van der Waals surface area contributed by atoms with Gasteiger partial charge in [0, 0.05) is 25.0 Å². The fourth-order valence-electron chi connectivity index (χ4n) is 2.21. The maximum Gasteiger partial charge on any atom is 0.0534 e. The maximum atomic E-state index is 4.17. The molecule has 3 nitrogen and oxygen atoms in total. The monoisotopic (exact) mass is 193 g/mol. The smallest absolute Gasteiger partial charge is 0.0534 e. The first-order chi connectivity index (χ1) is 6.84. The summed E-state index contributed by atoms with van der Waals surface area (Å²) in [4.78, 5) is 0. The summed E-state index contributed by atoms with van der Waals surface area (Å²) in [5, 5.41) is 7.76. The van der Waals surface area contributed by atoms with Crippen LogP contribution in [-0.4, -0.2) is 22.4 Å². The van der Waals surface area contributed by atoms with Crippen LogP contribution in [-0.2, 0) is 6.54 Å². The molecule has 2 atom stereocenters. The van der Waals surface area contributed by atoms with E-state index in [1.165, 1.54) is 19.3 Å². The van der Waals surface area contributed by atoms with Gasteiger partial charge in [-0.05, 0) is 31.2 Å². The van der Waals surface area contributed by atoms with Gasteiger partial charge < -0.3 is 5.32 Å². The lowest BCUT2D eigenvalue weighted by molar-refractivity contribution is 0.469. The Morgan fingerprint density at radius 3 is 3.07 bits per heavy atom. The molecule has 0 aromatic carbocycles. The van der Waals surface area contributed by atoms with E-state index in [4.69, 9.17) is 0 Å². The number of hydrogen-bond donors (Lipinski definition) is 1. The minimum atomic E-state index is 0.751. The van der Waals surface area contributed by atoms with Crippen molar-refractivity contribution in [3.63, 3.8) is 0 Å². The number of nitrogens with zero attached hydrogens (tertiary/aromatic N) is 2. The number of aromatic nitrogens is 2. The first-order valence-corrected chi connectivity index (χ1v) is 5.55. The van der Waals surface area contributed by atoms with Gasteiger partial charge in [-0.25, -0.2) is 0 Å². The third-order valence-corrected chi connectivity index (χ3v) is 3.03. The van der Waals surface area contributed by atoms with Crippen molar-refractivity contribution in [2.75, 3.05) is 6.54 Å². The maximum absolute atomic E-state index is 4.17. The fraction of sp³-hybridized carbons (Fsp3) is 0.727. The molecule has 0 saturated heterocycles. The first-order valence-electron chi connectivity index (χ1n) is 5.55. The van der Waals surface area contributed by atoms with Crippen LogP contribution in [0.5, 0.6) is 0 Å². The third-order valence-electron chi connectivity index (χ3n) is 3.03. The summed E-state index contributed by atoms with van der Waals surface area (Å²) in [5.74, 6) is 0.914. The van der Waals surface area contributed by atoms with Crippen molar-refractivity contribution in [2.24, 2.45) is 5.92 Å². The Labute approximate surface area is 85.5 Å². The van der Waals surface area contributed by atoms with E-state index in [-0.39, 0.29) is 0 Å². The summed E-state index contributed by atoms with van der Waals surface area (Å²) in [6.07, 6.45) is 7.93. The molecule has 0 amide bonds. The SMILES string of the molecule is CC1CCC(NCCn2cccn2)C1. The number of rotatable bonds is 4. The zero-order valence-electron chi connectivity index (χ0n) is 8.82. The molecule has 0 aliphatic heterocycles. The van der Waals surface area contributed by atoms with Crippen molar-refractivity contribution < 1.29 is 0 Å². The predicted octanol–water partition coefficient (Wildman–Crippen LogP) is 1.66. The number of nitrogens with one attached hydrogen (secondary N) is 1. The molecule has 1 aliphatic rings. The van der Waals surface area contributed by atoms with E-state index >= 15 is 0 Å². The van der Waals surface area contributed by atoms with Crippen LogP contribution in [0.1, 0.15) is 26.2 Å². The van der Waals surface area contributed by atoms with Gasteiger partial charge >= 0.3 is 0 Å². The summed E-state index contributed by atoms with van der Waals surface area (Å²) < 4.78 is 1.98. The summed E-state index contributed by atoms with van der Waals surface area (Å²) in [7, 11) is 0. The molecule has 1 fully saturated rings. The van der Waals surface area contributed by atoms with E-state index in [0.717, 1.165) is 25.0 Å². The van der Waals surface area contributed by atoms with Gasteiger partial charge in [0.2, 0.25) is 0 Å². The Bertz CT molecular complexity index is 256. The van der Waals surface area contributed by atoms with Crippen LogP contribution in [0.15, 0.2) is 18.5 Å². The highest BCUT2D eigenvalue weighted by molar-refractivity contribution is 4.80. The van der Waals surface area contributed by atoms with Gasteiger partial charge in [0.15, 0.2) is 0 Å². The topological polar surface area (TPSA) is 29.9 Å². The molecule has 78 valence electrons. The lowest BCUT2D eigenvalue weighted by Gasteiger charge is -2.11. The van der Waals surface area contributed by atoms with Gasteiger partial charge in [-0.2, -0.15) is 5.10 Å².